The summed E-state index contributed by atoms with van der Waals surface area (Å²) in [6.45, 7) is 0.711. The molecular weight excluding hydrogens is 302 g/mol. The first-order chi connectivity index (χ1) is 10.5. The van der Waals surface area contributed by atoms with E-state index < -0.39 is 16.1 Å². The molecular formula is C16H25NO4S. The second kappa shape index (κ2) is 8.06. The van der Waals surface area contributed by atoms with Gasteiger partial charge in [-0.25, -0.2) is 13.1 Å². The van der Waals surface area contributed by atoms with Crippen LogP contribution in [0, 0.1) is 5.92 Å². The fraction of sp³-hybridized carbons (Fsp3) is 0.625. The largest absolute Gasteiger partial charge is 0.393 e. The molecule has 1 aromatic carbocycles. The summed E-state index contributed by atoms with van der Waals surface area (Å²) in [5, 5.41) is 9.92. The maximum Gasteiger partial charge on any atom is 0.215 e. The summed E-state index contributed by atoms with van der Waals surface area (Å²) < 4.78 is 32.3. The fourth-order valence-corrected chi connectivity index (χ4v) is 4.17. The Morgan fingerprint density at radius 3 is 2.59 bits per heavy atom. The highest BCUT2D eigenvalue weighted by Crippen LogP contribution is 2.24. The van der Waals surface area contributed by atoms with E-state index in [1.807, 2.05) is 24.3 Å². The van der Waals surface area contributed by atoms with Crippen LogP contribution in [0.4, 0.5) is 0 Å². The molecule has 1 saturated carbocycles. The van der Waals surface area contributed by atoms with Gasteiger partial charge in [0.2, 0.25) is 10.0 Å². The lowest BCUT2D eigenvalue weighted by Crippen LogP contribution is -2.37. The lowest BCUT2D eigenvalue weighted by molar-refractivity contribution is 0.0724. The van der Waals surface area contributed by atoms with Crippen LogP contribution in [-0.2, 0) is 27.1 Å². The highest BCUT2D eigenvalue weighted by atomic mass is 32.2. The molecule has 0 aromatic heterocycles. The van der Waals surface area contributed by atoms with Crippen LogP contribution in [0.5, 0.6) is 0 Å². The van der Waals surface area contributed by atoms with Crippen molar-refractivity contribution in [2.75, 3.05) is 13.7 Å². The Kier molecular flexibility index (Phi) is 6.37. The first-order valence-electron chi connectivity index (χ1n) is 7.73. The second-order valence-electron chi connectivity index (χ2n) is 5.92. The molecule has 0 bridgehead atoms. The average Bonchev–Trinajstić information content (AvgIpc) is 2.48. The lowest BCUT2D eigenvalue weighted by Gasteiger charge is -2.27. The topological polar surface area (TPSA) is 75.6 Å². The van der Waals surface area contributed by atoms with Crippen molar-refractivity contribution >= 4 is 10.0 Å². The van der Waals surface area contributed by atoms with E-state index >= 15 is 0 Å². The Morgan fingerprint density at radius 2 is 1.91 bits per heavy atom. The van der Waals surface area contributed by atoms with Gasteiger partial charge < -0.3 is 9.84 Å². The van der Waals surface area contributed by atoms with Gasteiger partial charge in [0.1, 0.15) is 0 Å². The second-order valence-corrected chi connectivity index (χ2v) is 7.73. The van der Waals surface area contributed by atoms with Gasteiger partial charge in [0.25, 0.3) is 0 Å². The Bertz CT molecular complexity index is 573. The van der Waals surface area contributed by atoms with Crippen molar-refractivity contribution in [2.45, 2.75) is 44.1 Å². The zero-order chi connectivity index (χ0) is 16.0. The molecule has 0 unspecified atom stereocenters. The Balaban J connectivity index is 1.96. The molecule has 0 aliphatic heterocycles. The normalized spacial score (nSPS) is 22.6. The van der Waals surface area contributed by atoms with Crippen LogP contribution in [0.2, 0.25) is 0 Å². The van der Waals surface area contributed by atoms with Crippen LogP contribution >= 0.6 is 0 Å². The third kappa shape index (κ3) is 5.05. The van der Waals surface area contributed by atoms with Gasteiger partial charge >= 0.3 is 0 Å². The van der Waals surface area contributed by atoms with E-state index in [0.29, 0.717) is 13.2 Å². The number of ether oxygens (including phenoxy) is 1. The molecule has 0 heterocycles. The van der Waals surface area contributed by atoms with Crippen LogP contribution in [0.1, 0.15) is 36.8 Å². The molecule has 0 spiro atoms. The van der Waals surface area contributed by atoms with Crippen LogP contribution < -0.4 is 4.72 Å². The van der Waals surface area contributed by atoms with E-state index in [2.05, 4.69) is 4.72 Å². The Morgan fingerprint density at radius 1 is 1.23 bits per heavy atom. The van der Waals surface area contributed by atoms with E-state index in [1.165, 1.54) is 0 Å². The first-order valence-corrected chi connectivity index (χ1v) is 9.38. The van der Waals surface area contributed by atoms with Crippen molar-refractivity contribution in [1.29, 1.82) is 0 Å². The molecule has 6 heteroatoms. The molecule has 5 nitrogen and oxygen atoms in total. The van der Waals surface area contributed by atoms with Gasteiger partial charge in [0.05, 0.1) is 18.5 Å². The van der Waals surface area contributed by atoms with Crippen molar-refractivity contribution < 1.29 is 18.3 Å². The number of hydrogen-bond acceptors (Lipinski definition) is 4. The van der Waals surface area contributed by atoms with Gasteiger partial charge in [-0.3, -0.25) is 0 Å². The van der Waals surface area contributed by atoms with Crippen molar-refractivity contribution in [3.8, 4) is 0 Å². The molecule has 1 aromatic rings. The highest BCUT2D eigenvalue weighted by molar-refractivity contribution is 7.88. The summed E-state index contributed by atoms with van der Waals surface area (Å²) in [4.78, 5) is 0. The Labute approximate surface area is 132 Å². The zero-order valence-electron chi connectivity index (χ0n) is 13.0. The number of methoxy groups -OCH3 is 1. The monoisotopic (exact) mass is 327 g/mol. The molecule has 2 atom stereocenters. The molecule has 2 N–H and O–H groups in total. The number of aliphatic hydroxyl groups excluding tert-OH is 1. The number of benzene rings is 1. The SMILES string of the molecule is COCc1ccccc1CS(=O)(=O)NC[C@@H]1CCCC[C@H]1O. The summed E-state index contributed by atoms with van der Waals surface area (Å²) >= 11 is 0. The summed E-state index contributed by atoms with van der Waals surface area (Å²) in [6.07, 6.45) is 3.33. The first kappa shape index (κ1) is 17.4. The van der Waals surface area contributed by atoms with Crippen molar-refractivity contribution in [1.82, 2.24) is 4.72 Å². The average molecular weight is 327 g/mol. The molecule has 0 saturated heterocycles. The minimum absolute atomic E-state index is 0.0257. The summed E-state index contributed by atoms with van der Waals surface area (Å²) in [7, 11) is -1.82. The predicted octanol–water partition coefficient (Wildman–Crippen LogP) is 1.80. The number of hydrogen-bond donors (Lipinski definition) is 2. The summed E-state index contributed by atoms with van der Waals surface area (Å²) in [6, 6.07) is 7.38. The Hall–Kier alpha value is -0.950. The van der Waals surface area contributed by atoms with E-state index in [0.717, 1.165) is 36.8 Å². The number of rotatable bonds is 7. The minimum atomic E-state index is -3.41. The van der Waals surface area contributed by atoms with Gasteiger partial charge in [0.15, 0.2) is 0 Å². The summed E-state index contributed by atoms with van der Waals surface area (Å²) in [5.74, 6) is -0.0345. The zero-order valence-corrected chi connectivity index (χ0v) is 13.8. The van der Waals surface area contributed by atoms with Crippen LogP contribution in [0.15, 0.2) is 24.3 Å². The molecule has 1 aliphatic carbocycles. The van der Waals surface area contributed by atoms with Gasteiger partial charge in [-0.1, -0.05) is 37.1 Å². The van der Waals surface area contributed by atoms with Crippen molar-refractivity contribution in [3.05, 3.63) is 35.4 Å². The number of aliphatic hydroxyl groups is 1. The predicted molar refractivity (Wildman–Crippen MR) is 85.7 cm³/mol. The molecule has 0 amide bonds. The standard InChI is InChI=1S/C16H25NO4S/c1-21-11-14-7-2-3-8-15(14)12-22(19,20)17-10-13-6-4-5-9-16(13)18/h2-3,7-8,13,16-18H,4-6,9-12H2,1H3/t13-,16+/m0/s1. The van der Waals surface area contributed by atoms with Crippen LogP contribution in [-0.4, -0.2) is 33.3 Å². The van der Waals surface area contributed by atoms with Gasteiger partial charge in [0, 0.05) is 13.7 Å². The van der Waals surface area contributed by atoms with Gasteiger partial charge in [-0.2, -0.15) is 0 Å². The van der Waals surface area contributed by atoms with E-state index in [-0.39, 0.29) is 11.7 Å². The summed E-state index contributed by atoms with van der Waals surface area (Å²) in [5.41, 5.74) is 1.63. The molecule has 0 radical (unpaired) electrons. The smallest absolute Gasteiger partial charge is 0.215 e. The lowest BCUT2D eigenvalue weighted by atomic mass is 9.87. The van der Waals surface area contributed by atoms with E-state index in [4.69, 9.17) is 4.74 Å². The highest BCUT2D eigenvalue weighted by Gasteiger charge is 2.24. The quantitative estimate of drug-likeness (QED) is 0.801. The number of nitrogens with one attached hydrogen (secondary N) is 1. The fourth-order valence-electron chi connectivity index (χ4n) is 2.91. The van der Waals surface area contributed by atoms with E-state index in [1.54, 1.807) is 7.11 Å². The molecule has 1 aliphatic rings. The third-order valence-corrected chi connectivity index (χ3v) is 5.50. The number of sulfonamides is 1. The maximum atomic E-state index is 12.3. The third-order valence-electron chi connectivity index (χ3n) is 4.20. The van der Waals surface area contributed by atoms with Crippen LogP contribution in [0.25, 0.3) is 0 Å². The molecule has 124 valence electrons. The molecule has 2 rings (SSSR count). The van der Waals surface area contributed by atoms with Gasteiger partial charge in [-0.15, -0.1) is 0 Å². The van der Waals surface area contributed by atoms with Gasteiger partial charge in [-0.05, 0) is 29.9 Å². The van der Waals surface area contributed by atoms with Crippen molar-refractivity contribution in [2.24, 2.45) is 5.92 Å². The molecule has 1 fully saturated rings. The van der Waals surface area contributed by atoms with Crippen LogP contribution in [0.3, 0.4) is 0 Å². The van der Waals surface area contributed by atoms with Crippen molar-refractivity contribution in [3.63, 3.8) is 0 Å². The maximum absolute atomic E-state index is 12.3. The minimum Gasteiger partial charge on any atom is -0.393 e. The molecule has 22 heavy (non-hydrogen) atoms. The van der Waals surface area contributed by atoms with E-state index in [9.17, 15) is 13.5 Å².